The molecular formula is C20H19N5O3S. The molecule has 4 rings (SSSR count). The fraction of sp³-hybridized carbons (Fsp3) is 0.200. The van der Waals surface area contributed by atoms with E-state index in [2.05, 4.69) is 20.3 Å². The lowest BCUT2D eigenvalue weighted by molar-refractivity contribution is -0.121. The summed E-state index contributed by atoms with van der Waals surface area (Å²) in [5.41, 5.74) is 3.58. The second-order valence-electron chi connectivity index (χ2n) is 6.51. The Hall–Kier alpha value is -3.46. The van der Waals surface area contributed by atoms with Gasteiger partial charge in [-0.2, -0.15) is 0 Å². The van der Waals surface area contributed by atoms with E-state index in [4.69, 9.17) is 0 Å². The minimum absolute atomic E-state index is 0.105. The number of benzene rings is 1. The second kappa shape index (κ2) is 8.27. The van der Waals surface area contributed by atoms with Crippen molar-refractivity contribution in [3.63, 3.8) is 0 Å². The van der Waals surface area contributed by atoms with Gasteiger partial charge < -0.3 is 15.4 Å². The maximum Gasteiger partial charge on any atom is 0.310 e. The largest absolute Gasteiger partial charge is 0.493 e. The van der Waals surface area contributed by atoms with Crippen LogP contribution in [0.1, 0.15) is 22.6 Å². The van der Waals surface area contributed by atoms with Gasteiger partial charge in [0.25, 0.3) is 0 Å². The number of aromatic amines is 1. The Bertz CT molecular complexity index is 1140. The number of imidazole rings is 1. The molecule has 0 unspecified atom stereocenters. The van der Waals surface area contributed by atoms with Gasteiger partial charge in [0.15, 0.2) is 0 Å². The number of rotatable bonds is 7. The molecule has 0 aliphatic carbocycles. The van der Waals surface area contributed by atoms with Crippen molar-refractivity contribution in [1.29, 1.82) is 0 Å². The first-order chi connectivity index (χ1) is 14.1. The van der Waals surface area contributed by atoms with Gasteiger partial charge in [-0.05, 0) is 12.1 Å². The molecule has 0 radical (unpaired) electrons. The number of allylic oxidation sites excluding steroid dienone is 1. The molecular weight excluding hydrogens is 390 g/mol. The van der Waals surface area contributed by atoms with Crippen LogP contribution in [0.4, 0.5) is 5.69 Å². The van der Waals surface area contributed by atoms with E-state index in [1.165, 1.54) is 4.57 Å². The van der Waals surface area contributed by atoms with Gasteiger partial charge in [-0.3, -0.25) is 19.1 Å². The van der Waals surface area contributed by atoms with E-state index < -0.39 is 0 Å². The van der Waals surface area contributed by atoms with Crippen LogP contribution in [-0.4, -0.2) is 38.3 Å². The average Bonchev–Trinajstić information content (AvgIpc) is 3.43. The maximum atomic E-state index is 12.3. The Morgan fingerprint density at radius 3 is 3.03 bits per heavy atom. The molecule has 0 saturated heterocycles. The van der Waals surface area contributed by atoms with Gasteiger partial charge in [0, 0.05) is 55.2 Å². The minimum Gasteiger partial charge on any atom is -0.493 e. The Labute approximate surface area is 170 Å². The van der Waals surface area contributed by atoms with Crippen LogP contribution in [0, 0.1) is 0 Å². The number of hydrogen-bond donors (Lipinski definition) is 3. The van der Waals surface area contributed by atoms with Crippen molar-refractivity contribution in [2.45, 2.75) is 19.4 Å². The molecule has 2 aromatic heterocycles. The maximum absolute atomic E-state index is 12.3. The molecule has 29 heavy (non-hydrogen) atoms. The number of aromatic nitrogens is 3. The number of amides is 1. The standard InChI is InChI=1S/C20H19N5O3S/c26-18(22-7-5-14-11-21-12-24-14)6-8-25-19(27)17(29-20(25)28)9-13-10-23-16-4-2-1-3-15(13)16/h1-4,9-12,27H,5-8H2,(H,21,24)(H,22,26)/b13-9+. The molecule has 0 fully saturated rings. The Kier molecular flexibility index (Phi) is 5.39. The van der Waals surface area contributed by atoms with Crippen molar-refractivity contribution in [2.24, 2.45) is 4.99 Å². The first kappa shape index (κ1) is 18.9. The minimum atomic E-state index is -0.303. The third kappa shape index (κ3) is 4.19. The predicted octanol–water partition coefficient (Wildman–Crippen LogP) is 2.34. The van der Waals surface area contributed by atoms with Crippen LogP contribution >= 0.6 is 11.3 Å². The summed E-state index contributed by atoms with van der Waals surface area (Å²) in [5, 5.41) is 13.3. The quantitative estimate of drug-likeness (QED) is 0.556. The molecule has 3 N–H and O–H groups in total. The highest BCUT2D eigenvalue weighted by molar-refractivity contribution is 7.10. The van der Waals surface area contributed by atoms with Gasteiger partial charge in [-0.1, -0.05) is 29.5 Å². The van der Waals surface area contributed by atoms with E-state index in [0.717, 1.165) is 33.9 Å². The van der Waals surface area contributed by atoms with Crippen molar-refractivity contribution in [2.75, 3.05) is 6.54 Å². The average molecular weight is 409 g/mol. The van der Waals surface area contributed by atoms with Crippen LogP contribution < -0.4 is 10.2 Å². The summed E-state index contributed by atoms with van der Waals surface area (Å²) in [4.78, 5) is 35.7. The zero-order valence-electron chi connectivity index (χ0n) is 15.5. The molecule has 3 heterocycles. The number of para-hydroxylation sites is 1. The summed E-state index contributed by atoms with van der Waals surface area (Å²) >= 11 is 0.947. The van der Waals surface area contributed by atoms with Gasteiger partial charge in [-0.25, -0.2) is 4.98 Å². The molecule has 1 amide bonds. The normalized spacial score (nSPS) is 13.7. The SMILES string of the molecule is O=C(CCn1c(O)c(/C=C2\C=Nc3ccccc32)sc1=O)NCCc1cnc[nH]1. The van der Waals surface area contributed by atoms with Gasteiger partial charge in [-0.15, -0.1) is 0 Å². The monoisotopic (exact) mass is 409 g/mol. The summed E-state index contributed by atoms with van der Waals surface area (Å²) < 4.78 is 1.23. The number of thiazole rings is 1. The predicted molar refractivity (Wildman–Crippen MR) is 113 cm³/mol. The topological polar surface area (TPSA) is 112 Å². The molecule has 148 valence electrons. The molecule has 3 aromatic rings. The molecule has 1 aliphatic heterocycles. The summed E-state index contributed by atoms with van der Waals surface area (Å²) in [6.07, 6.45) is 7.51. The molecule has 0 saturated carbocycles. The highest BCUT2D eigenvalue weighted by Crippen LogP contribution is 2.34. The van der Waals surface area contributed by atoms with Crippen LogP contribution in [0.25, 0.3) is 11.6 Å². The van der Waals surface area contributed by atoms with Gasteiger partial charge in [0.05, 0.1) is 16.9 Å². The van der Waals surface area contributed by atoms with Crippen molar-refractivity contribution in [3.8, 4) is 5.88 Å². The number of aliphatic imine (C=N–C) groups is 1. The van der Waals surface area contributed by atoms with E-state index in [-0.39, 0.29) is 29.6 Å². The number of carbonyl (C=O) groups excluding carboxylic acids is 1. The van der Waals surface area contributed by atoms with E-state index in [1.54, 1.807) is 24.8 Å². The lowest BCUT2D eigenvalue weighted by Gasteiger charge is -2.06. The van der Waals surface area contributed by atoms with Gasteiger partial charge in [0.2, 0.25) is 11.8 Å². The first-order valence-electron chi connectivity index (χ1n) is 9.13. The second-order valence-corrected chi connectivity index (χ2v) is 7.50. The van der Waals surface area contributed by atoms with Crippen LogP contribution in [-0.2, 0) is 17.8 Å². The fourth-order valence-electron chi connectivity index (χ4n) is 3.06. The summed E-state index contributed by atoms with van der Waals surface area (Å²) in [5.74, 6) is -0.311. The van der Waals surface area contributed by atoms with Gasteiger partial charge in [0.1, 0.15) is 0 Å². The molecule has 0 bridgehead atoms. The van der Waals surface area contributed by atoms with Crippen LogP contribution in [0.5, 0.6) is 5.88 Å². The fourth-order valence-corrected chi connectivity index (χ4v) is 3.92. The number of aromatic hydroxyl groups is 1. The zero-order valence-corrected chi connectivity index (χ0v) is 16.3. The van der Waals surface area contributed by atoms with Crippen LogP contribution in [0.3, 0.4) is 0 Å². The third-order valence-corrected chi connectivity index (χ3v) is 5.49. The van der Waals surface area contributed by atoms with E-state index in [9.17, 15) is 14.7 Å². The highest BCUT2D eigenvalue weighted by Gasteiger charge is 2.17. The van der Waals surface area contributed by atoms with Crippen molar-refractivity contribution >= 4 is 40.8 Å². The molecule has 1 aliphatic rings. The lowest BCUT2D eigenvalue weighted by Crippen LogP contribution is -2.27. The van der Waals surface area contributed by atoms with Crippen molar-refractivity contribution in [1.82, 2.24) is 19.9 Å². The third-order valence-electron chi connectivity index (χ3n) is 4.57. The van der Waals surface area contributed by atoms with E-state index >= 15 is 0 Å². The molecule has 8 nitrogen and oxygen atoms in total. The van der Waals surface area contributed by atoms with E-state index in [1.807, 2.05) is 24.3 Å². The summed E-state index contributed by atoms with van der Waals surface area (Å²) in [6, 6.07) is 7.68. The molecule has 1 aromatic carbocycles. The Morgan fingerprint density at radius 2 is 2.21 bits per heavy atom. The first-order valence-corrected chi connectivity index (χ1v) is 9.95. The molecule has 0 atom stereocenters. The Balaban J connectivity index is 1.39. The zero-order chi connectivity index (χ0) is 20.2. The molecule has 9 heteroatoms. The number of fused-ring (bicyclic) bond motifs is 1. The number of carbonyl (C=O) groups is 1. The van der Waals surface area contributed by atoms with Crippen LogP contribution in [0.2, 0.25) is 0 Å². The van der Waals surface area contributed by atoms with Crippen LogP contribution in [0.15, 0.2) is 46.6 Å². The number of H-pyrrole nitrogens is 1. The highest BCUT2D eigenvalue weighted by atomic mass is 32.1. The summed E-state index contributed by atoms with van der Waals surface area (Å²) in [7, 11) is 0. The van der Waals surface area contributed by atoms with Gasteiger partial charge >= 0.3 is 4.87 Å². The van der Waals surface area contributed by atoms with Crippen molar-refractivity contribution in [3.05, 3.63) is 62.6 Å². The number of hydrogen-bond acceptors (Lipinski definition) is 6. The van der Waals surface area contributed by atoms with Crippen molar-refractivity contribution < 1.29 is 9.90 Å². The Morgan fingerprint density at radius 1 is 1.34 bits per heavy atom. The smallest absolute Gasteiger partial charge is 0.310 e. The lowest BCUT2D eigenvalue weighted by atomic mass is 10.1. The number of nitrogens with zero attached hydrogens (tertiary/aromatic N) is 3. The van der Waals surface area contributed by atoms with E-state index in [0.29, 0.717) is 17.8 Å². The summed E-state index contributed by atoms with van der Waals surface area (Å²) in [6.45, 7) is 0.590. The molecule has 0 spiro atoms. The number of nitrogens with one attached hydrogen (secondary N) is 2.